The van der Waals surface area contributed by atoms with E-state index in [2.05, 4.69) is 21.9 Å². The van der Waals surface area contributed by atoms with E-state index < -0.39 is 0 Å². The molecule has 0 unspecified atom stereocenters. The second-order valence-corrected chi connectivity index (χ2v) is 5.66. The maximum atomic E-state index is 5.98. The fourth-order valence-corrected chi connectivity index (χ4v) is 3.31. The largest absolute Gasteiger partial charge is 0.356 e. The molecule has 0 amide bonds. The van der Waals surface area contributed by atoms with E-state index >= 15 is 0 Å². The quantitative estimate of drug-likeness (QED) is 0.862. The molecule has 2 aliphatic rings. The van der Waals surface area contributed by atoms with Crippen LogP contribution in [0.4, 0.5) is 5.82 Å². The molecule has 1 saturated carbocycles. The van der Waals surface area contributed by atoms with Crippen molar-refractivity contribution in [3.05, 3.63) is 17.6 Å². The van der Waals surface area contributed by atoms with Crippen molar-refractivity contribution >= 4 is 5.82 Å². The molecule has 0 spiro atoms. The van der Waals surface area contributed by atoms with Crippen LogP contribution in [0.2, 0.25) is 0 Å². The highest BCUT2D eigenvalue weighted by atomic mass is 15.2. The second kappa shape index (κ2) is 4.84. The molecule has 3 rings (SSSR count). The van der Waals surface area contributed by atoms with Gasteiger partial charge >= 0.3 is 0 Å². The average molecular weight is 246 g/mol. The Balaban J connectivity index is 1.80. The molecule has 0 aromatic carbocycles. The first-order valence-corrected chi connectivity index (χ1v) is 7.07. The molecule has 1 fully saturated rings. The van der Waals surface area contributed by atoms with Crippen LogP contribution in [0.1, 0.15) is 43.4 Å². The van der Waals surface area contributed by atoms with Crippen LogP contribution in [0.5, 0.6) is 0 Å². The van der Waals surface area contributed by atoms with E-state index in [9.17, 15) is 0 Å². The lowest BCUT2D eigenvalue weighted by Gasteiger charge is -2.35. The molecule has 4 heteroatoms. The number of hydrogen-bond donors (Lipinski definition) is 1. The van der Waals surface area contributed by atoms with Crippen molar-refractivity contribution in [2.45, 2.75) is 57.0 Å². The van der Waals surface area contributed by atoms with E-state index in [4.69, 9.17) is 5.73 Å². The van der Waals surface area contributed by atoms with Gasteiger partial charge in [0.05, 0.1) is 0 Å². The first kappa shape index (κ1) is 11.9. The fraction of sp³-hybridized carbons (Fsp3) is 0.714. The summed E-state index contributed by atoms with van der Waals surface area (Å²) >= 11 is 0. The molecule has 0 aliphatic heterocycles. The summed E-state index contributed by atoms with van der Waals surface area (Å²) in [5, 5.41) is 0. The van der Waals surface area contributed by atoms with Crippen molar-refractivity contribution in [2.24, 2.45) is 5.73 Å². The third-order valence-electron chi connectivity index (χ3n) is 4.48. The summed E-state index contributed by atoms with van der Waals surface area (Å²) in [6.45, 7) is 0. The zero-order valence-electron chi connectivity index (χ0n) is 11.1. The third-order valence-corrected chi connectivity index (χ3v) is 4.48. The van der Waals surface area contributed by atoms with Crippen LogP contribution < -0.4 is 10.6 Å². The molecule has 2 aliphatic carbocycles. The highest BCUT2D eigenvalue weighted by Crippen LogP contribution is 2.31. The number of hydrogen-bond acceptors (Lipinski definition) is 4. The van der Waals surface area contributed by atoms with Crippen molar-refractivity contribution in [3.63, 3.8) is 0 Å². The molecule has 0 radical (unpaired) electrons. The predicted octanol–water partition coefficient (Wildman–Crippen LogP) is 1.67. The molecule has 1 heterocycles. The predicted molar refractivity (Wildman–Crippen MR) is 72.7 cm³/mol. The summed E-state index contributed by atoms with van der Waals surface area (Å²) < 4.78 is 0. The number of aromatic nitrogens is 2. The zero-order valence-corrected chi connectivity index (χ0v) is 11.1. The van der Waals surface area contributed by atoms with Crippen molar-refractivity contribution in [1.29, 1.82) is 0 Å². The molecule has 0 atom stereocenters. The first-order chi connectivity index (χ1) is 8.75. The molecule has 4 nitrogen and oxygen atoms in total. The molecule has 1 aromatic rings. The van der Waals surface area contributed by atoms with Gasteiger partial charge in [0.1, 0.15) is 12.1 Å². The first-order valence-electron chi connectivity index (χ1n) is 7.07. The molecular formula is C14H22N4. The number of nitrogens with two attached hydrogens (primary N) is 1. The number of aryl methyl sites for hydroxylation is 1. The minimum atomic E-state index is 0.408. The Labute approximate surface area is 109 Å². The van der Waals surface area contributed by atoms with E-state index in [1.165, 1.54) is 30.5 Å². The van der Waals surface area contributed by atoms with E-state index in [0.717, 1.165) is 31.5 Å². The van der Waals surface area contributed by atoms with Gasteiger partial charge in [0.25, 0.3) is 0 Å². The molecule has 98 valence electrons. The van der Waals surface area contributed by atoms with Crippen LogP contribution in [0, 0.1) is 0 Å². The lowest BCUT2D eigenvalue weighted by molar-refractivity contribution is 0.383. The summed E-state index contributed by atoms with van der Waals surface area (Å²) in [6.07, 6.45) is 9.88. The highest BCUT2D eigenvalue weighted by Gasteiger charge is 2.26. The summed E-state index contributed by atoms with van der Waals surface area (Å²) in [7, 11) is 2.18. The van der Waals surface area contributed by atoms with Crippen LogP contribution in [0.15, 0.2) is 6.33 Å². The van der Waals surface area contributed by atoms with Gasteiger partial charge in [0, 0.05) is 30.4 Å². The topological polar surface area (TPSA) is 55.0 Å². The van der Waals surface area contributed by atoms with Crippen molar-refractivity contribution in [2.75, 3.05) is 11.9 Å². The minimum absolute atomic E-state index is 0.408. The molecule has 0 bridgehead atoms. The number of anilines is 1. The summed E-state index contributed by atoms with van der Waals surface area (Å²) in [4.78, 5) is 11.3. The van der Waals surface area contributed by atoms with Crippen molar-refractivity contribution in [3.8, 4) is 0 Å². The summed E-state index contributed by atoms with van der Waals surface area (Å²) in [6, 6.07) is 1.01. The Kier molecular flexibility index (Phi) is 3.20. The maximum absolute atomic E-state index is 5.98. The Hall–Kier alpha value is -1.16. The monoisotopic (exact) mass is 246 g/mol. The standard InChI is InChI=1S/C14H22N4/c1-18(11-7-5-10(15)6-8-11)14-12-3-2-4-13(12)16-9-17-14/h9-11H,2-8,15H2,1H3. The lowest BCUT2D eigenvalue weighted by atomic mass is 9.91. The normalized spacial score (nSPS) is 27.0. The molecule has 2 N–H and O–H groups in total. The molecule has 1 aromatic heterocycles. The number of rotatable bonds is 2. The van der Waals surface area contributed by atoms with Gasteiger partial charge in [0.2, 0.25) is 0 Å². The van der Waals surface area contributed by atoms with Gasteiger partial charge in [-0.25, -0.2) is 9.97 Å². The van der Waals surface area contributed by atoms with Gasteiger partial charge in [-0.05, 0) is 44.9 Å². The van der Waals surface area contributed by atoms with Crippen LogP contribution in [0.25, 0.3) is 0 Å². The third kappa shape index (κ3) is 2.09. The Morgan fingerprint density at radius 3 is 2.72 bits per heavy atom. The second-order valence-electron chi connectivity index (χ2n) is 5.66. The Morgan fingerprint density at radius 1 is 1.17 bits per heavy atom. The average Bonchev–Trinajstić information content (AvgIpc) is 2.87. The smallest absolute Gasteiger partial charge is 0.135 e. The van der Waals surface area contributed by atoms with E-state index in [1.807, 2.05) is 0 Å². The molecular weight excluding hydrogens is 224 g/mol. The van der Waals surface area contributed by atoms with Crippen LogP contribution in [-0.4, -0.2) is 29.1 Å². The molecule has 0 saturated heterocycles. The van der Waals surface area contributed by atoms with Crippen LogP contribution in [0.3, 0.4) is 0 Å². The van der Waals surface area contributed by atoms with E-state index in [0.29, 0.717) is 12.1 Å². The minimum Gasteiger partial charge on any atom is -0.356 e. The Morgan fingerprint density at radius 2 is 1.94 bits per heavy atom. The SMILES string of the molecule is CN(c1ncnc2c1CCC2)C1CCC(N)CC1. The van der Waals surface area contributed by atoms with Crippen molar-refractivity contribution < 1.29 is 0 Å². The number of fused-ring (bicyclic) bond motifs is 1. The zero-order chi connectivity index (χ0) is 12.5. The summed E-state index contributed by atoms with van der Waals surface area (Å²) in [5.41, 5.74) is 8.63. The Bertz CT molecular complexity index is 424. The maximum Gasteiger partial charge on any atom is 0.135 e. The van der Waals surface area contributed by atoms with Gasteiger partial charge in [0.15, 0.2) is 0 Å². The highest BCUT2D eigenvalue weighted by molar-refractivity contribution is 5.50. The van der Waals surface area contributed by atoms with Gasteiger partial charge in [-0.15, -0.1) is 0 Å². The van der Waals surface area contributed by atoms with Gasteiger partial charge in [-0.3, -0.25) is 0 Å². The van der Waals surface area contributed by atoms with E-state index in [1.54, 1.807) is 6.33 Å². The lowest BCUT2D eigenvalue weighted by Crippen LogP contribution is -2.39. The molecule has 18 heavy (non-hydrogen) atoms. The van der Waals surface area contributed by atoms with Crippen LogP contribution in [-0.2, 0) is 12.8 Å². The van der Waals surface area contributed by atoms with Gasteiger partial charge in [-0.2, -0.15) is 0 Å². The van der Waals surface area contributed by atoms with Crippen LogP contribution >= 0.6 is 0 Å². The van der Waals surface area contributed by atoms with Gasteiger partial charge in [-0.1, -0.05) is 0 Å². The summed E-state index contributed by atoms with van der Waals surface area (Å²) in [5.74, 6) is 1.16. The fourth-order valence-electron chi connectivity index (χ4n) is 3.31. The number of nitrogens with zero attached hydrogens (tertiary/aromatic N) is 3. The van der Waals surface area contributed by atoms with E-state index in [-0.39, 0.29) is 0 Å². The van der Waals surface area contributed by atoms with Crippen molar-refractivity contribution in [1.82, 2.24) is 9.97 Å². The van der Waals surface area contributed by atoms with Gasteiger partial charge < -0.3 is 10.6 Å².